The summed E-state index contributed by atoms with van der Waals surface area (Å²) in [7, 11) is -0.687. The van der Waals surface area contributed by atoms with E-state index < -0.39 is 68.6 Å². The Bertz CT molecular complexity index is 1280. The first kappa shape index (κ1) is 39.7. The zero-order chi connectivity index (χ0) is 36.0. The van der Waals surface area contributed by atoms with Crippen molar-refractivity contribution in [1.82, 2.24) is 30.5 Å². The number of urea groups is 1. The summed E-state index contributed by atoms with van der Waals surface area (Å²) in [5.41, 5.74) is -1.73. The van der Waals surface area contributed by atoms with E-state index in [1.807, 2.05) is 41.5 Å². The van der Waals surface area contributed by atoms with E-state index in [0.717, 1.165) is 42.8 Å². The average molecular weight is 697 g/mol. The summed E-state index contributed by atoms with van der Waals surface area (Å²) in [5.74, 6) is -2.70. The summed E-state index contributed by atoms with van der Waals surface area (Å²) >= 11 is 0. The maximum absolute atomic E-state index is 14.4. The Labute approximate surface area is 287 Å². The van der Waals surface area contributed by atoms with Gasteiger partial charge in [0.15, 0.2) is 0 Å². The largest absolute Gasteiger partial charge is 0.347 e. The summed E-state index contributed by atoms with van der Waals surface area (Å²) in [4.78, 5) is 69.4. The van der Waals surface area contributed by atoms with Crippen LogP contribution in [0.25, 0.3) is 0 Å². The highest BCUT2D eigenvalue weighted by Crippen LogP contribution is 2.34. The highest BCUT2D eigenvalue weighted by molar-refractivity contribution is 7.89. The molecule has 2 saturated carbocycles. The molecular weight excluding hydrogens is 636 g/mol. The lowest BCUT2D eigenvalue weighted by Gasteiger charge is -2.40. The number of hydrogen-bond donors (Lipinski definition) is 4. The Kier molecular flexibility index (Phi) is 13.5. The molecule has 48 heavy (non-hydrogen) atoms. The Morgan fingerprint density at radius 2 is 1.58 bits per heavy atom. The summed E-state index contributed by atoms with van der Waals surface area (Å²) in [5, 5.41) is 11.4. The van der Waals surface area contributed by atoms with Crippen molar-refractivity contribution in [2.45, 2.75) is 142 Å². The first-order valence-electron chi connectivity index (χ1n) is 17.8. The molecule has 3 aliphatic rings. The standard InChI is InChI=1S/C34H60N6O7S/c1-9-10-14-25(27(41)30(43)35-23-15-16-23)36-29(42)26-24(22(2)3)17-20-40(26)31(44)28(33(4,5)6)37-32(45)38-34(18-12-11-13-19-34)21-48(46,47)39(7)8/h22-26,28H,9-21H2,1-8H3,(H,35,43)(H,36,42)(H2,37,38,45)/t24-,25+,26+,28-/m1/s1. The number of likely N-dealkylation sites (tertiary alicyclic amines) is 1. The second kappa shape index (κ2) is 16.3. The molecule has 0 aromatic rings. The highest BCUT2D eigenvalue weighted by Gasteiger charge is 2.48. The Morgan fingerprint density at radius 3 is 2.10 bits per heavy atom. The third kappa shape index (κ3) is 10.4. The van der Waals surface area contributed by atoms with E-state index >= 15 is 0 Å². The second-order valence-corrected chi connectivity index (χ2v) is 17.9. The van der Waals surface area contributed by atoms with E-state index in [4.69, 9.17) is 0 Å². The normalized spacial score (nSPS) is 22.6. The van der Waals surface area contributed by atoms with Crippen LogP contribution in [0.3, 0.4) is 0 Å². The average Bonchev–Trinajstić information content (AvgIpc) is 3.69. The minimum Gasteiger partial charge on any atom is -0.347 e. The third-order valence-corrected chi connectivity index (χ3v) is 12.1. The number of nitrogens with one attached hydrogen (secondary N) is 4. The van der Waals surface area contributed by atoms with E-state index in [2.05, 4.69) is 21.3 Å². The van der Waals surface area contributed by atoms with Crippen LogP contribution < -0.4 is 21.3 Å². The number of nitrogens with zero attached hydrogens (tertiary/aromatic N) is 2. The third-order valence-electron chi connectivity index (χ3n) is 10.1. The maximum Gasteiger partial charge on any atom is 0.315 e. The van der Waals surface area contributed by atoms with Crippen LogP contribution >= 0.6 is 0 Å². The molecule has 274 valence electrons. The number of sulfonamides is 1. The van der Waals surface area contributed by atoms with Crippen LogP contribution in [0.1, 0.15) is 112 Å². The van der Waals surface area contributed by atoms with Gasteiger partial charge in [0.1, 0.15) is 12.1 Å². The topological polar surface area (TPSA) is 174 Å². The lowest BCUT2D eigenvalue weighted by Crippen LogP contribution is -2.64. The molecule has 13 nitrogen and oxygen atoms in total. The van der Waals surface area contributed by atoms with Crippen LogP contribution in [-0.2, 0) is 29.2 Å². The summed E-state index contributed by atoms with van der Waals surface area (Å²) < 4.78 is 27.0. The van der Waals surface area contributed by atoms with Gasteiger partial charge >= 0.3 is 6.03 Å². The molecule has 5 amide bonds. The fourth-order valence-corrected chi connectivity index (χ4v) is 8.23. The number of hydrogen-bond acceptors (Lipinski definition) is 7. The number of ketones is 1. The molecule has 3 rings (SSSR count). The van der Waals surface area contributed by atoms with Gasteiger partial charge in [0.25, 0.3) is 5.91 Å². The van der Waals surface area contributed by atoms with Crippen molar-refractivity contribution in [1.29, 1.82) is 0 Å². The van der Waals surface area contributed by atoms with Crippen LogP contribution in [0.15, 0.2) is 0 Å². The van der Waals surface area contributed by atoms with Crippen molar-refractivity contribution in [2.24, 2.45) is 17.3 Å². The molecule has 2 aliphatic carbocycles. The molecule has 4 N–H and O–H groups in total. The van der Waals surface area contributed by atoms with Crippen LogP contribution in [0.2, 0.25) is 0 Å². The Balaban J connectivity index is 1.84. The van der Waals surface area contributed by atoms with Crippen molar-refractivity contribution < 1.29 is 32.4 Å². The Hall–Kier alpha value is -2.74. The van der Waals surface area contributed by atoms with Crippen molar-refractivity contribution in [2.75, 3.05) is 26.4 Å². The smallest absolute Gasteiger partial charge is 0.315 e. The predicted molar refractivity (Wildman–Crippen MR) is 184 cm³/mol. The Morgan fingerprint density at radius 1 is 0.958 bits per heavy atom. The van der Waals surface area contributed by atoms with Gasteiger partial charge in [-0.2, -0.15) is 0 Å². The van der Waals surface area contributed by atoms with Gasteiger partial charge in [0.05, 0.1) is 17.3 Å². The number of amides is 5. The number of unbranched alkanes of at least 4 members (excludes halogenated alkanes) is 1. The molecular formula is C34H60N6O7S. The highest BCUT2D eigenvalue weighted by atomic mass is 32.2. The number of Topliss-reactive ketones (excluding diaryl/α,β-unsaturated/α-hetero) is 1. The van der Waals surface area contributed by atoms with Gasteiger partial charge in [0, 0.05) is 26.7 Å². The van der Waals surface area contributed by atoms with Crippen LogP contribution in [0, 0.1) is 17.3 Å². The molecule has 0 spiro atoms. The van der Waals surface area contributed by atoms with Gasteiger partial charge in [-0.15, -0.1) is 0 Å². The van der Waals surface area contributed by atoms with Gasteiger partial charge in [-0.05, 0) is 55.8 Å². The van der Waals surface area contributed by atoms with E-state index in [-0.39, 0.29) is 30.2 Å². The quantitative estimate of drug-likeness (QED) is 0.191. The van der Waals surface area contributed by atoms with E-state index in [1.54, 1.807) is 0 Å². The van der Waals surface area contributed by atoms with Crippen molar-refractivity contribution in [3.8, 4) is 0 Å². The first-order chi connectivity index (χ1) is 22.3. The van der Waals surface area contributed by atoms with Gasteiger partial charge in [-0.1, -0.05) is 73.6 Å². The zero-order valence-electron chi connectivity index (χ0n) is 30.3. The maximum atomic E-state index is 14.4. The fraction of sp³-hybridized carbons (Fsp3) is 0.853. The molecule has 1 saturated heterocycles. The van der Waals surface area contributed by atoms with Crippen LogP contribution in [-0.4, -0.2) is 103 Å². The van der Waals surface area contributed by atoms with Crippen LogP contribution in [0.5, 0.6) is 0 Å². The molecule has 1 heterocycles. The molecule has 0 radical (unpaired) electrons. The number of rotatable bonds is 15. The van der Waals surface area contributed by atoms with E-state index in [9.17, 15) is 32.4 Å². The fourth-order valence-electron chi connectivity index (χ4n) is 6.91. The molecule has 1 aliphatic heterocycles. The predicted octanol–water partition coefficient (Wildman–Crippen LogP) is 2.69. The summed E-state index contributed by atoms with van der Waals surface area (Å²) in [6, 6.07) is -3.57. The molecule has 0 unspecified atom stereocenters. The molecule has 3 fully saturated rings. The second-order valence-electron chi connectivity index (χ2n) is 15.8. The van der Waals surface area contributed by atoms with Crippen molar-refractivity contribution in [3.05, 3.63) is 0 Å². The monoisotopic (exact) mass is 696 g/mol. The number of carbonyl (C=O) groups is 5. The minimum atomic E-state index is -3.63. The van der Waals surface area contributed by atoms with Gasteiger partial charge < -0.3 is 26.2 Å². The van der Waals surface area contributed by atoms with Gasteiger partial charge in [-0.25, -0.2) is 17.5 Å². The van der Waals surface area contributed by atoms with Gasteiger partial charge in [-0.3, -0.25) is 19.2 Å². The summed E-state index contributed by atoms with van der Waals surface area (Å²) in [6.07, 6.45) is 7.44. The van der Waals surface area contributed by atoms with E-state index in [1.165, 1.54) is 19.0 Å². The summed E-state index contributed by atoms with van der Waals surface area (Å²) in [6.45, 7) is 11.7. The lowest BCUT2D eigenvalue weighted by molar-refractivity contribution is -0.145. The molecule has 0 aromatic carbocycles. The van der Waals surface area contributed by atoms with E-state index in [0.29, 0.717) is 32.1 Å². The molecule has 14 heteroatoms. The number of carbonyl (C=O) groups excluding carboxylic acids is 5. The molecule has 0 aromatic heterocycles. The van der Waals surface area contributed by atoms with Crippen molar-refractivity contribution >= 4 is 39.6 Å². The van der Waals surface area contributed by atoms with Gasteiger partial charge in [0.2, 0.25) is 27.6 Å². The minimum absolute atomic E-state index is 0.00153. The lowest BCUT2D eigenvalue weighted by atomic mass is 9.83. The van der Waals surface area contributed by atoms with Crippen molar-refractivity contribution in [3.63, 3.8) is 0 Å². The molecule has 4 atom stereocenters. The zero-order valence-corrected chi connectivity index (χ0v) is 31.1. The van der Waals surface area contributed by atoms with Crippen LogP contribution in [0.4, 0.5) is 4.79 Å². The SMILES string of the molecule is CCCC[C@H](NC(=O)[C@@H]1[C@@H](C(C)C)CCN1C(=O)[C@@H](NC(=O)NC1(CS(=O)(=O)N(C)C)CCCCC1)C(C)(C)C)C(=O)C(=O)NC1CC1. The molecule has 0 bridgehead atoms. The first-order valence-corrected chi connectivity index (χ1v) is 19.4.